The van der Waals surface area contributed by atoms with E-state index in [4.69, 9.17) is 6.42 Å². The Morgan fingerprint density at radius 3 is 2.43 bits per heavy atom. The third-order valence-corrected chi connectivity index (χ3v) is 0.574. The Labute approximate surface area is 45.3 Å². The molecule has 0 spiro atoms. The van der Waals surface area contributed by atoms with Crippen LogP contribution in [0.1, 0.15) is 6.42 Å². The minimum absolute atomic E-state index is 0.729. The van der Waals surface area contributed by atoms with Gasteiger partial charge in [0.05, 0.1) is 0 Å². The summed E-state index contributed by atoms with van der Waals surface area (Å²) in [6, 6.07) is 0. The van der Waals surface area contributed by atoms with Crippen LogP contribution in [0.2, 0.25) is 0 Å². The predicted octanol–water partition coefficient (Wildman–Crippen LogP) is 0.733. The van der Waals surface area contributed by atoms with E-state index in [1.807, 2.05) is 25.5 Å². The smallest absolute Gasteiger partial charge is 0.0363 e. The number of nitrogens with zero attached hydrogens (tertiary/aromatic N) is 1. The van der Waals surface area contributed by atoms with Gasteiger partial charge in [-0.2, -0.15) is 0 Å². The lowest BCUT2D eigenvalue weighted by atomic mass is 10.4. The van der Waals surface area contributed by atoms with Gasteiger partial charge in [-0.3, -0.25) is 0 Å². The molecule has 1 nitrogen and oxygen atoms in total. The summed E-state index contributed by atoms with van der Waals surface area (Å²) in [5.41, 5.74) is 0. The van der Waals surface area contributed by atoms with Crippen LogP contribution in [-0.4, -0.2) is 19.0 Å². The minimum Gasteiger partial charge on any atom is -0.304 e. The first-order chi connectivity index (χ1) is 3.27. The van der Waals surface area contributed by atoms with E-state index in [0.717, 1.165) is 6.42 Å². The number of terminal acetylenes is 1. The van der Waals surface area contributed by atoms with Crippen molar-refractivity contribution in [2.24, 2.45) is 0 Å². The Bertz CT molecular complexity index is 68.7. The highest BCUT2D eigenvalue weighted by molar-refractivity contribution is 4.88. The average Bonchev–Trinajstić information content (AvgIpc) is 1.61. The van der Waals surface area contributed by atoms with Crippen molar-refractivity contribution in [1.82, 2.24) is 4.90 Å². The summed E-state index contributed by atoms with van der Waals surface area (Å²) in [4.78, 5) is 1.94. The normalized spacial score (nSPS) is 8.86. The quantitative estimate of drug-likeness (QED) is 0.458. The van der Waals surface area contributed by atoms with Gasteiger partial charge >= 0.3 is 0 Å². The molecular formula is C6H10N. The molecule has 0 atom stereocenters. The van der Waals surface area contributed by atoms with Crippen molar-refractivity contribution in [2.45, 2.75) is 6.42 Å². The van der Waals surface area contributed by atoms with E-state index in [9.17, 15) is 0 Å². The van der Waals surface area contributed by atoms with E-state index < -0.39 is 0 Å². The highest BCUT2D eigenvalue weighted by atomic mass is 15.0. The lowest BCUT2D eigenvalue weighted by Gasteiger charge is -2.02. The molecule has 1 heteroatoms. The van der Waals surface area contributed by atoms with Gasteiger partial charge in [0.25, 0.3) is 0 Å². The molecule has 0 bridgehead atoms. The van der Waals surface area contributed by atoms with Gasteiger partial charge in [0, 0.05) is 13.0 Å². The summed E-state index contributed by atoms with van der Waals surface area (Å²) in [6.45, 7) is 1.94. The minimum atomic E-state index is 0.729. The van der Waals surface area contributed by atoms with Crippen LogP contribution in [0.5, 0.6) is 0 Å². The van der Waals surface area contributed by atoms with Gasteiger partial charge in [-0.05, 0) is 14.1 Å². The molecule has 0 aliphatic carbocycles. The first-order valence-corrected chi connectivity index (χ1v) is 2.20. The summed E-state index contributed by atoms with van der Waals surface area (Å²) in [7, 11) is 3.91. The maximum absolute atomic E-state index is 4.97. The molecule has 0 aromatic rings. The molecule has 0 aliphatic rings. The lowest BCUT2D eigenvalue weighted by molar-refractivity contribution is 0.493. The Kier molecular flexibility index (Phi) is 3.45. The van der Waals surface area contributed by atoms with Crippen LogP contribution in [0.25, 0.3) is 0 Å². The molecule has 0 amide bonds. The lowest BCUT2D eigenvalue weighted by Crippen LogP contribution is -2.05. The molecule has 39 valence electrons. The number of hydrogen-bond donors (Lipinski definition) is 0. The van der Waals surface area contributed by atoms with Gasteiger partial charge in [0.2, 0.25) is 0 Å². The second-order valence-corrected chi connectivity index (χ2v) is 1.55. The molecular weight excluding hydrogens is 86.1 g/mol. The molecule has 0 saturated heterocycles. The van der Waals surface area contributed by atoms with Crippen molar-refractivity contribution >= 4 is 0 Å². The maximum Gasteiger partial charge on any atom is 0.0363 e. The number of hydrogen-bond acceptors (Lipinski definition) is 1. The third kappa shape index (κ3) is 5.52. The zero-order valence-electron chi connectivity index (χ0n) is 4.81. The monoisotopic (exact) mass is 96.1 g/mol. The summed E-state index contributed by atoms with van der Waals surface area (Å²) in [5.74, 6) is 2.50. The molecule has 0 saturated carbocycles. The summed E-state index contributed by atoms with van der Waals surface area (Å²) < 4.78 is 0. The van der Waals surface area contributed by atoms with E-state index in [1.165, 1.54) is 0 Å². The molecule has 0 aromatic heterocycles. The van der Waals surface area contributed by atoms with Crippen molar-refractivity contribution in [3.8, 4) is 12.3 Å². The van der Waals surface area contributed by atoms with Crippen molar-refractivity contribution in [3.63, 3.8) is 0 Å². The highest BCUT2D eigenvalue weighted by Gasteiger charge is 1.82. The predicted molar refractivity (Wildman–Crippen MR) is 31.4 cm³/mol. The van der Waals surface area contributed by atoms with E-state index in [-0.39, 0.29) is 0 Å². The van der Waals surface area contributed by atoms with Crippen LogP contribution < -0.4 is 0 Å². The SMILES string of the molecule is C#CC[CH]N(C)C. The van der Waals surface area contributed by atoms with Gasteiger partial charge in [0.15, 0.2) is 0 Å². The standard InChI is InChI=1S/C6H10N/c1-4-5-6-7(2)3/h1,6H,5H2,2-3H3. The number of rotatable bonds is 2. The average molecular weight is 96.2 g/mol. The molecule has 0 heterocycles. The Morgan fingerprint density at radius 2 is 2.29 bits per heavy atom. The van der Waals surface area contributed by atoms with Gasteiger partial charge in [-0.25, -0.2) is 0 Å². The topological polar surface area (TPSA) is 3.24 Å². The van der Waals surface area contributed by atoms with Crippen LogP contribution in [0, 0.1) is 18.9 Å². The van der Waals surface area contributed by atoms with Crippen LogP contribution in [0.4, 0.5) is 0 Å². The summed E-state index contributed by atoms with van der Waals surface area (Å²) in [5, 5.41) is 0. The highest BCUT2D eigenvalue weighted by Crippen LogP contribution is 1.84. The van der Waals surface area contributed by atoms with Gasteiger partial charge in [0.1, 0.15) is 0 Å². The summed E-state index contributed by atoms with van der Waals surface area (Å²) >= 11 is 0. The van der Waals surface area contributed by atoms with Crippen molar-refractivity contribution in [3.05, 3.63) is 6.54 Å². The Morgan fingerprint density at radius 1 is 1.71 bits per heavy atom. The summed E-state index contributed by atoms with van der Waals surface area (Å²) in [6.07, 6.45) is 5.70. The fraction of sp³-hybridized carbons (Fsp3) is 0.500. The first-order valence-electron chi connectivity index (χ1n) is 2.20. The van der Waals surface area contributed by atoms with Crippen molar-refractivity contribution in [2.75, 3.05) is 14.1 Å². The van der Waals surface area contributed by atoms with Gasteiger partial charge in [-0.1, -0.05) is 0 Å². The molecule has 0 unspecified atom stereocenters. The maximum atomic E-state index is 4.97. The zero-order valence-corrected chi connectivity index (χ0v) is 4.81. The van der Waals surface area contributed by atoms with Crippen LogP contribution in [0.3, 0.4) is 0 Å². The molecule has 1 radical (unpaired) electrons. The first kappa shape index (κ1) is 6.52. The van der Waals surface area contributed by atoms with Crippen LogP contribution >= 0.6 is 0 Å². The molecule has 7 heavy (non-hydrogen) atoms. The van der Waals surface area contributed by atoms with Gasteiger partial charge < -0.3 is 4.90 Å². The van der Waals surface area contributed by atoms with E-state index in [1.54, 1.807) is 0 Å². The molecule has 0 rings (SSSR count). The van der Waals surface area contributed by atoms with E-state index in [0.29, 0.717) is 0 Å². The Balaban J connectivity index is 2.86. The van der Waals surface area contributed by atoms with Gasteiger partial charge in [-0.15, -0.1) is 12.3 Å². The molecule has 0 fully saturated rings. The van der Waals surface area contributed by atoms with Crippen molar-refractivity contribution in [1.29, 1.82) is 0 Å². The fourth-order valence-electron chi connectivity index (χ4n) is 0.235. The second-order valence-electron chi connectivity index (χ2n) is 1.55. The molecule has 0 aliphatic heterocycles. The van der Waals surface area contributed by atoms with Crippen LogP contribution in [-0.2, 0) is 0 Å². The van der Waals surface area contributed by atoms with Crippen molar-refractivity contribution < 1.29 is 0 Å². The van der Waals surface area contributed by atoms with E-state index >= 15 is 0 Å². The molecule has 0 N–H and O–H groups in total. The second kappa shape index (κ2) is 3.70. The largest absolute Gasteiger partial charge is 0.304 e. The fourth-order valence-corrected chi connectivity index (χ4v) is 0.235. The molecule has 0 aromatic carbocycles. The third-order valence-electron chi connectivity index (χ3n) is 0.574. The van der Waals surface area contributed by atoms with E-state index in [2.05, 4.69) is 5.92 Å². The zero-order chi connectivity index (χ0) is 5.70. The van der Waals surface area contributed by atoms with Crippen LogP contribution in [0.15, 0.2) is 0 Å². The Hall–Kier alpha value is -0.480.